The molecule has 4 nitrogen and oxygen atoms in total. The molecular weight excluding hydrogens is 213 g/mol. The van der Waals surface area contributed by atoms with Crippen molar-refractivity contribution in [3.63, 3.8) is 0 Å². The molecule has 0 spiro atoms. The van der Waals surface area contributed by atoms with Crippen molar-refractivity contribution >= 4 is 11.7 Å². The van der Waals surface area contributed by atoms with Crippen molar-refractivity contribution in [1.29, 1.82) is 0 Å². The molecule has 88 valence electrons. The number of nitrogens with one attached hydrogen (secondary N) is 1. The standard InChI is InChI=1S/C11H14FNO3/c1-11(15,10(14)16-2)7-13-9-5-3-8(12)4-6-9/h3-6,13,15H,7H2,1-2H3. The van der Waals surface area contributed by atoms with Crippen LogP contribution >= 0.6 is 0 Å². The first-order chi connectivity index (χ1) is 7.45. The lowest BCUT2D eigenvalue weighted by molar-refractivity contribution is -0.158. The maximum Gasteiger partial charge on any atom is 0.339 e. The van der Waals surface area contributed by atoms with Gasteiger partial charge in [-0.1, -0.05) is 0 Å². The molecule has 0 radical (unpaired) electrons. The minimum Gasteiger partial charge on any atom is -0.467 e. The van der Waals surface area contributed by atoms with Gasteiger partial charge in [0, 0.05) is 5.69 Å². The third-order valence-electron chi connectivity index (χ3n) is 2.11. The number of hydrogen-bond donors (Lipinski definition) is 2. The van der Waals surface area contributed by atoms with Crippen LogP contribution in [0.4, 0.5) is 10.1 Å². The van der Waals surface area contributed by atoms with Crippen LogP contribution in [0.2, 0.25) is 0 Å². The second kappa shape index (κ2) is 4.94. The Morgan fingerprint density at radius 3 is 2.56 bits per heavy atom. The van der Waals surface area contributed by atoms with Gasteiger partial charge in [0.1, 0.15) is 5.82 Å². The number of hydrogen-bond acceptors (Lipinski definition) is 4. The van der Waals surface area contributed by atoms with E-state index in [0.29, 0.717) is 5.69 Å². The highest BCUT2D eigenvalue weighted by Crippen LogP contribution is 2.11. The van der Waals surface area contributed by atoms with E-state index in [-0.39, 0.29) is 12.4 Å². The number of carbonyl (C=O) groups is 1. The number of benzene rings is 1. The van der Waals surface area contributed by atoms with Crippen LogP contribution < -0.4 is 5.32 Å². The van der Waals surface area contributed by atoms with E-state index < -0.39 is 11.6 Å². The van der Waals surface area contributed by atoms with Gasteiger partial charge >= 0.3 is 5.97 Å². The normalized spacial score (nSPS) is 14.0. The Labute approximate surface area is 93.0 Å². The van der Waals surface area contributed by atoms with Crippen molar-refractivity contribution in [3.8, 4) is 0 Å². The summed E-state index contributed by atoms with van der Waals surface area (Å²) in [6, 6.07) is 5.61. The molecule has 1 aromatic carbocycles. The number of halogens is 1. The monoisotopic (exact) mass is 227 g/mol. The molecule has 5 heteroatoms. The molecule has 0 amide bonds. The summed E-state index contributed by atoms with van der Waals surface area (Å²) in [6.07, 6.45) is 0. The number of rotatable bonds is 4. The van der Waals surface area contributed by atoms with Crippen LogP contribution in [-0.4, -0.2) is 30.3 Å². The molecule has 0 aliphatic carbocycles. The molecule has 0 aliphatic heterocycles. The zero-order chi connectivity index (χ0) is 12.2. The van der Waals surface area contributed by atoms with Gasteiger partial charge in [-0.3, -0.25) is 0 Å². The van der Waals surface area contributed by atoms with Crippen LogP contribution in [0, 0.1) is 5.82 Å². The summed E-state index contributed by atoms with van der Waals surface area (Å²) in [5, 5.41) is 12.5. The van der Waals surface area contributed by atoms with E-state index in [4.69, 9.17) is 0 Å². The molecule has 1 atom stereocenters. The molecule has 0 saturated heterocycles. The number of carbonyl (C=O) groups excluding carboxylic acids is 1. The summed E-state index contributed by atoms with van der Waals surface area (Å²) in [6.45, 7) is 1.33. The zero-order valence-electron chi connectivity index (χ0n) is 9.16. The number of methoxy groups -OCH3 is 1. The second-order valence-electron chi connectivity index (χ2n) is 3.63. The Bertz CT molecular complexity index is 362. The minimum absolute atomic E-state index is 0.00863. The number of anilines is 1. The highest BCUT2D eigenvalue weighted by atomic mass is 19.1. The molecule has 0 aromatic heterocycles. The molecule has 16 heavy (non-hydrogen) atoms. The lowest BCUT2D eigenvalue weighted by Gasteiger charge is -2.21. The van der Waals surface area contributed by atoms with Gasteiger partial charge in [0.05, 0.1) is 13.7 Å². The van der Waals surface area contributed by atoms with Crippen molar-refractivity contribution < 1.29 is 19.0 Å². The maximum absolute atomic E-state index is 12.6. The number of ether oxygens (including phenoxy) is 1. The summed E-state index contributed by atoms with van der Waals surface area (Å²) < 4.78 is 17.0. The summed E-state index contributed by atoms with van der Waals surface area (Å²) in [4.78, 5) is 11.1. The van der Waals surface area contributed by atoms with E-state index in [1.54, 1.807) is 0 Å². The Morgan fingerprint density at radius 1 is 1.50 bits per heavy atom. The summed E-state index contributed by atoms with van der Waals surface area (Å²) in [5.74, 6) is -1.06. The predicted octanol–water partition coefficient (Wildman–Crippen LogP) is 1.16. The van der Waals surface area contributed by atoms with Crippen LogP contribution in [0.1, 0.15) is 6.92 Å². The van der Waals surface area contributed by atoms with Gasteiger partial charge in [0.15, 0.2) is 5.60 Å². The van der Waals surface area contributed by atoms with Crippen molar-refractivity contribution in [2.75, 3.05) is 19.0 Å². The van der Waals surface area contributed by atoms with Crippen LogP contribution in [-0.2, 0) is 9.53 Å². The topological polar surface area (TPSA) is 58.6 Å². The first-order valence-corrected chi connectivity index (χ1v) is 4.76. The molecule has 0 saturated carbocycles. The van der Waals surface area contributed by atoms with Crippen LogP contribution in [0.25, 0.3) is 0 Å². The summed E-state index contributed by atoms with van der Waals surface area (Å²) in [5.41, 5.74) is -0.992. The summed E-state index contributed by atoms with van der Waals surface area (Å²) >= 11 is 0. The molecule has 1 unspecified atom stereocenters. The molecule has 0 heterocycles. The number of aliphatic hydroxyl groups is 1. The van der Waals surface area contributed by atoms with Crippen LogP contribution in [0.15, 0.2) is 24.3 Å². The van der Waals surface area contributed by atoms with Gasteiger partial charge in [-0.15, -0.1) is 0 Å². The fraction of sp³-hybridized carbons (Fsp3) is 0.364. The minimum atomic E-state index is -1.61. The molecule has 1 rings (SSSR count). The molecule has 0 aliphatic rings. The SMILES string of the molecule is COC(=O)C(C)(O)CNc1ccc(F)cc1. The highest BCUT2D eigenvalue weighted by Gasteiger charge is 2.30. The average Bonchev–Trinajstić information content (AvgIpc) is 2.27. The fourth-order valence-corrected chi connectivity index (χ4v) is 1.13. The highest BCUT2D eigenvalue weighted by molar-refractivity contribution is 5.79. The molecule has 2 N–H and O–H groups in total. The zero-order valence-corrected chi connectivity index (χ0v) is 9.16. The number of esters is 1. The second-order valence-corrected chi connectivity index (χ2v) is 3.63. The fourth-order valence-electron chi connectivity index (χ4n) is 1.13. The van der Waals surface area contributed by atoms with Gasteiger partial charge in [-0.05, 0) is 31.2 Å². The van der Waals surface area contributed by atoms with E-state index >= 15 is 0 Å². The van der Waals surface area contributed by atoms with Gasteiger partial charge in [-0.25, -0.2) is 9.18 Å². The largest absolute Gasteiger partial charge is 0.467 e. The van der Waals surface area contributed by atoms with E-state index in [0.717, 1.165) is 0 Å². The van der Waals surface area contributed by atoms with Crippen molar-refractivity contribution in [1.82, 2.24) is 0 Å². The van der Waals surface area contributed by atoms with Gasteiger partial charge in [0.2, 0.25) is 0 Å². The van der Waals surface area contributed by atoms with Crippen molar-refractivity contribution in [3.05, 3.63) is 30.1 Å². The smallest absolute Gasteiger partial charge is 0.339 e. The summed E-state index contributed by atoms with van der Waals surface area (Å²) in [7, 11) is 1.20. The lowest BCUT2D eigenvalue weighted by Crippen LogP contribution is -2.42. The Balaban J connectivity index is 2.57. The van der Waals surface area contributed by atoms with E-state index in [2.05, 4.69) is 10.1 Å². The van der Waals surface area contributed by atoms with E-state index in [1.165, 1.54) is 38.3 Å². The molecule has 0 fully saturated rings. The lowest BCUT2D eigenvalue weighted by atomic mass is 10.1. The van der Waals surface area contributed by atoms with Gasteiger partial charge in [0.25, 0.3) is 0 Å². The first-order valence-electron chi connectivity index (χ1n) is 4.76. The Morgan fingerprint density at radius 2 is 2.06 bits per heavy atom. The Kier molecular flexibility index (Phi) is 3.84. The maximum atomic E-state index is 12.6. The Hall–Kier alpha value is -1.62. The molecule has 1 aromatic rings. The van der Waals surface area contributed by atoms with E-state index in [1.807, 2.05) is 0 Å². The average molecular weight is 227 g/mol. The van der Waals surface area contributed by atoms with E-state index in [9.17, 15) is 14.3 Å². The third-order valence-corrected chi connectivity index (χ3v) is 2.11. The molecular formula is C11H14FNO3. The van der Waals surface area contributed by atoms with Crippen LogP contribution in [0.5, 0.6) is 0 Å². The van der Waals surface area contributed by atoms with Crippen molar-refractivity contribution in [2.45, 2.75) is 12.5 Å². The predicted molar refractivity (Wildman–Crippen MR) is 57.5 cm³/mol. The third kappa shape index (κ3) is 3.20. The first kappa shape index (κ1) is 12.4. The van der Waals surface area contributed by atoms with Gasteiger partial charge in [-0.2, -0.15) is 0 Å². The van der Waals surface area contributed by atoms with Crippen LogP contribution in [0.3, 0.4) is 0 Å². The quantitative estimate of drug-likeness (QED) is 0.758. The molecule has 0 bridgehead atoms. The van der Waals surface area contributed by atoms with Crippen molar-refractivity contribution in [2.24, 2.45) is 0 Å². The van der Waals surface area contributed by atoms with Gasteiger partial charge < -0.3 is 15.2 Å².